The summed E-state index contributed by atoms with van der Waals surface area (Å²) in [4.78, 5) is 38.7. The number of nitrogens with zero attached hydrogens (tertiary/aromatic N) is 3. The van der Waals surface area contributed by atoms with Gasteiger partial charge in [0.25, 0.3) is 6.47 Å². The van der Waals surface area contributed by atoms with Gasteiger partial charge in [-0.15, -0.1) is 11.3 Å². The third-order valence-corrected chi connectivity index (χ3v) is 11.0. The van der Waals surface area contributed by atoms with Crippen molar-refractivity contribution in [1.29, 1.82) is 0 Å². The monoisotopic (exact) mass is 775 g/mol. The fourth-order valence-electron chi connectivity index (χ4n) is 6.68. The number of hydrogen-bond donors (Lipinski definition) is 2. The Hall–Kier alpha value is -4.63. The highest BCUT2D eigenvalue weighted by atomic mass is 35.5. The number of carboxylic acids is 1. The Kier molecular flexibility index (Phi) is 12.8. The van der Waals surface area contributed by atoms with Gasteiger partial charge in [0.05, 0.1) is 37.3 Å². The molecule has 2 aromatic carbocycles. The van der Waals surface area contributed by atoms with Gasteiger partial charge in [0.2, 0.25) is 12.4 Å². The number of halogens is 3. The number of anilines is 1. The van der Waals surface area contributed by atoms with Crippen LogP contribution in [0.1, 0.15) is 50.0 Å². The maximum atomic E-state index is 15.2. The molecule has 7 rings (SSSR count). The number of ether oxygens (including phenoxy) is 3. The van der Waals surface area contributed by atoms with Gasteiger partial charge in [-0.25, -0.2) is 9.18 Å². The lowest BCUT2D eigenvalue weighted by Gasteiger charge is -2.44. The molecule has 4 aromatic rings. The Morgan fingerprint density at radius 1 is 1.10 bits per heavy atom. The van der Waals surface area contributed by atoms with E-state index in [-0.39, 0.29) is 52.1 Å². The Labute approximate surface area is 313 Å². The summed E-state index contributed by atoms with van der Waals surface area (Å²) in [6, 6.07) is 12.8. The minimum absolute atomic E-state index is 0.00956. The van der Waals surface area contributed by atoms with Crippen LogP contribution in [0, 0.1) is 11.7 Å². The van der Waals surface area contributed by atoms with E-state index in [4.69, 9.17) is 47.3 Å². The van der Waals surface area contributed by atoms with Gasteiger partial charge in [0.1, 0.15) is 22.0 Å². The lowest BCUT2D eigenvalue weighted by Crippen LogP contribution is -2.53. The van der Waals surface area contributed by atoms with Crippen LogP contribution in [0.25, 0.3) is 0 Å². The number of benzene rings is 2. The minimum atomic E-state index is -1.43. The van der Waals surface area contributed by atoms with Crippen LogP contribution in [0.3, 0.4) is 0 Å². The summed E-state index contributed by atoms with van der Waals surface area (Å²) in [5.41, 5.74) is 1.47. The molecule has 16 heteroatoms. The number of fused-ring (bicyclic) bond motifs is 3. The van der Waals surface area contributed by atoms with E-state index in [1.54, 1.807) is 30.3 Å². The van der Waals surface area contributed by atoms with Crippen LogP contribution in [0.2, 0.25) is 10.0 Å². The topological polar surface area (TPSA) is 153 Å². The third kappa shape index (κ3) is 8.69. The number of piperidine rings is 3. The fourth-order valence-corrected chi connectivity index (χ4v) is 8.33. The van der Waals surface area contributed by atoms with E-state index in [1.807, 2.05) is 0 Å². The van der Waals surface area contributed by atoms with Crippen LogP contribution in [-0.4, -0.2) is 73.7 Å². The standard InChI is InChI=1S/C35H34Cl2FN3O7S.CH2O2/c1-46-30-8-7-21(13-31(30)47-2)23(15-25-26(36)17-40(45)18-27(25)37)24-14-22(49-33(24)34(42)43)16-41(29-6-4-3-5-28(29)38)35(44)48-32-19-39-11-9-20(32)10-12-39;2-1-3/h3-8,13-14,17-18,20,23,32H,9-12,15-16,19H2,1-2H3,(H-,42,43,45);1H,(H,2,3)/t23-,32-;/m0./s1. The number of hydrogen-bond acceptors (Lipinski definition) is 10. The van der Waals surface area contributed by atoms with Crippen molar-refractivity contribution in [3.05, 3.63) is 103 Å². The van der Waals surface area contributed by atoms with Gasteiger partial charge in [-0.1, -0.05) is 41.4 Å². The van der Waals surface area contributed by atoms with Crippen LogP contribution in [0.4, 0.5) is 14.9 Å². The van der Waals surface area contributed by atoms with E-state index in [2.05, 4.69) is 4.90 Å². The first kappa shape index (κ1) is 38.6. The third-order valence-electron chi connectivity index (χ3n) is 9.18. The van der Waals surface area contributed by atoms with Crippen LogP contribution < -0.4 is 24.2 Å². The Balaban J connectivity index is 0.00000168. The summed E-state index contributed by atoms with van der Waals surface area (Å²) in [5.74, 6) is -1.62. The first-order valence-corrected chi connectivity index (χ1v) is 17.7. The molecule has 276 valence electrons. The molecule has 0 spiro atoms. The predicted octanol–water partition coefficient (Wildman–Crippen LogP) is 5.41. The van der Waals surface area contributed by atoms with E-state index in [0.29, 0.717) is 39.6 Å². The van der Waals surface area contributed by atoms with E-state index >= 15 is 4.39 Å². The molecule has 1 amide bonds. The molecule has 2 aromatic heterocycles. The number of methoxy groups -OCH3 is 2. The molecular weight excluding hydrogens is 740 g/mol. The molecule has 0 saturated carbocycles. The molecule has 0 aliphatic carbocycles. The van der Waals surface area contributed by atoms with Gasteiger partial charge in [-0.2, -0.15) is 0 Å². The smallest absolute Gasteiger partial charge is 0.415 e. The lowest BCUT2D eigenvalue weighted by molar-refractivity contribution is -0.904. The number of carbonyl (C=O) groups is 3. The van der Waals surface area contributed by atoms with Crippen molar-refractivity contribution >= 4 is 58.8 Å². The molecule has 3 fully saturated rings. The molecule has 5 heterocycles. The summed E-state index contributed by atoms with van der Waals surface area (Å²) in [6.45, 7) is 2.12. The molecule has 2 N–H and O–H groups in total. The fraction of sp³-hybridized carbons (Fsp3) is 0.333. The number of aromatic carboxylic acids is 1. The summed E-state index contributed by atoms with van der Waals surface area (Å²) in [5, 5.41) is 29.9. The summed E-state index contributed by atoms with van der Waals surface area (Å²) in [6.07, 6.45) is 3.47. The van der Waals surface area contributed by atoms with Gasteiger partial charge in [0.15, 0.2) is 11.5 Å². The average molecular weight is 777 g/mol. The van der Waals surface area contributed by atoms with Gasteiger partial charge < -0.3 is 29.2 Å². The van der Waals surface area contributed by atoms with E-state index < -0.39 is 23.8 Å². The highest BCUT2D eigenvalue weighted by molar-refractivity contribution is 7.14. The molecule has 3 saturated heterocycles. The number of pyridine rings is 1. The van der Waals surface area contributed by atoms with Crippen molar-refractivity contribution in [2.45, 2.75) is 37.8 Å². The highest BCUT2D eigenvalue weighted by Crippen LogP contribution is 2.41. The summed E-state index contributed by atoms with van der Waals surface area (Å²) < 4.78 is 33.0. The molecule has 0 unspecified atom stereocenters. The first-order chi connectivity index (χ1) is 25.0. The highest BCUT2D eigenvalue weighted by Gasteiger charge is 2.38. The minimum Gasteiger partial charge on any atom is -0.544 e. The van der Waals surface area contributed by atoms with Crippen molar-refractivity contribution in [3.8, 4) is 11.5 Å². The van der Waals surface area contributed by atoms with Crippen molar-refractivity contribution in [1.82, 2.24) is 4.90 Å². The number of carbonyl (C=O) groups excluding carboxylic acids is 2. The van der Waals surface area contributed by atoms with Crippen LogP contribution >= 0.6 is 34.5 Å². The lowest BCUT2D eigenvalue weighted by atomic mass is 9.85. The Morgan fingerprint density at radius 2 is 1.75 bits per heavy atom. The summed E-state index contributed by atoms with van der Waals surface area (Å²) >= 11 is 14.0. The first-order valence-electron chi connectivity index (χ1n) is 16.1. The normalized spacial score (nSPS) is 18.1. The average Bonchev–Trinajstić information content (AvgIpc) is 3.55. The largest absolute Gasteiger partial charge is 0.544 e. The molecule has 52 heavy (non-hydrogen) atoms. The number of amides is 1. The van der Waals surface area contributed by atoms with E-state index in [1.165, 1.54) is 49.7 Å². The zero-order chi connectivity index (χ0) is 37.5. The number of para-hydroxylation sites is 1. The van der Waals surface area contributed by atoms with Gasteiger partial charge >= 0.3 is 6.09 Å². The van der Waals surface area contributed by atoms with Crippen molar-refractivity contribution in [3.63, 3.8) is 0 Å². The van der Waals surface area contributed by atoms with Gasteiger partial charge in [-0.3, -0.25) is 19.8 Å². The van der Waals surface area contributed by atoms with Crippen LogP contribution in [0.15, 0.2) is 60.9 Å². The van der Waals surface area contributed by atoms with Crippen molar-refractivity contribution < 1.29 is 53.1 Å². The van der Waals surface area contributed by atoms with Gasteiger partial charge in [0, 0.05) is 27.6 Å². The zero-order valence-electron chi connectivity index (χ0n) is 28.2. The second-order valence-corrected chi connectivity index (χ2v) is 14.1. The maximum Gasteiger partial charge on any atom is 0.415 e. The Bertz CT molecular complexity index is 1900. The predicted molar refractivity (Wildman–Crippen MR) is 188 cm³/mol. The number of thiophene rings is 1. The van der Waals surface area contributed by atoms with Crippen LogP contribution in [0.5, 0.6) is 11.5 Å². The molecule has 3 aliphatic rings. The molecule has 2 bridgehead atoms. The van der Waals surface area contributed by atoms with E-state index in [9.17, 15) is 19.9 Å². The number of aromatic nitrogens is 1. The van der Waals surface area contributed by atoms with Crippen molar-refractivity contribution in [2.75, 3.05) is 38.8 Å². The van der Waals surface area contributed by atoms with Crippen LogP contribution in [-0.2, 0) is 22.5 Å². The quantitative estimate of drug-likeness (QED) is 0.115. The maximum absolute atomic E-state index is 15.2. The molecule has 3 aliphatic heterocycles. The molecule has 2 atom stereocenters. The summed E-state index contributed by atoms with van der Waals surface area (Å²) in [7, 11) is 2.99. The second kappa shape index (κ2) is 17.3. The number of carboxylic acid groups (broad SMARTS) is 2. The molecule has 0 radical (unpaired) electrons. The molecule has 12 nitrogen and oxygen atoms in total. The zero-order valence-corrected chi connectivity index (χ0v) is 30.5. The Morgan fingerprint density at radius 3 is 2.33 bits per heavy atom. The van der Waals surface area contributed by atoms with Crippen molar-refractivity contribution in [2.24, 2.45) is 5.92 Å². The molecular formula is C36H36Cl2FN3O9S. The van der Waals surface area contributed by atoms with Gasteiger partial charge in [-0.05, 0) is 79.7 Å². The SMILES string of the molecule is COc1ccc([C@H](Cc2c(Cl)c[n+](O)cc2Cl)c2cc(CN(C(=O)O[C@H]3CN4CCC3CC4)c3ccccc3F)sc2C(=O)[O-])cc1OC.O=CO. The second-order valence-electron chi connectivity index (χ2n) is 12.2. The number of rotatable bonds is 11. The van der Waals surface area contributed by atoms with E-state index in [0.717, 1.165) is 42.0 Å².